The third-order valence-electron chi connectivity index (χ3n) is 3.45. The Kier molecular flexibility index (Phi) is 5.08. The zero-order chi connectivity index (χ0) is 10.8. The van der Waals surface area contributed by atoms with Gasteiger partial charge in [-0.1, -0.05) is 31.4 Å². The zero-order valence-corrected chi connectivity index (χ0v) is 12.2. The lowest BCUT2D eigenvalue weighted by Crippen LogP contribution is -2.35. The fraction of sp³-hybridized carbons (Fsp3) is 0.750. The van der Waals surface area contributed by atoms with Gasteiger partial charge in [0.05, 0.1) is 6.54 Å². The molecule has 16 heavy (non-hydrogen) atoms. The second-order valence-electron chi connectivity index (χ2n) is 5.00. The van der Waals surface area contributed by atoms with Crippen LogP contribution in [0.4, 0.5) is 0 Å². The van der Waals surface area contributed by atoms with Gasteiger partial charge in [-0.15, -0.1) is 24.0 Å². The van der Waals surface area contributed by atoms with E-state index in [-0.39, 0.29) is 24.0 Å². The Hall–Kier alpha value is -0.260. The van der Waals surface area contributed by atoms with Crippen molar-refractivity contribution >= 4 is 29.9 Å². The van der Waals surface area contributed by atoms with Gasteiger partial charge < -0.3 is 11.1 Å². The molecule has 0 aliphatic heterocycles. The van der Waals surface area contributed by atoms with Gasteiger partial charge >= 0.3 is 0 Å². The number of aliphatic imine (C=N–C) groups is 1. The first kappa shape index (κ1) is 13.8. The van der Waals surface area contributed by atoms with Crippen LogP contribution in [-0.2, 0) is 0 Å². The van der Waals surface area contributed by atoms with E-state index in [1.807, 2.05) is 6.92 Å². The molecule has 0 spiro atoms. The maximum absolute atomic E-state index is 5.78. The van der Waals surface area contributed by atoms with Gasteiger partial charge in [0, 0.05) is 6.04 Å². The van der Waals surface area contributed by atoms with Crippen LogP contribution in [-0.4, -0.2) is 18.5 Å². The first-order valence-electron chi connectivity index (χ1n) is 5.87. The molecule has 2 atom stereocenters. The highest BCUT2D eigenvalue weighted by Gasteiger charge is 2.45. The van der Waals surface area contributed by atoms with Crippen LogP contribution in [0.25, 0.3) is 0 Å². The molecule has 2 fully saturated rings. The Morgan fingerprint density at radius 2 is 2.19 bits per heavy atom. The summed E-state index contributed by atoms with van der Waals surface area (Å²) >= 11 is 0. The standard InChI is InChI=1S/C12H21N3.HI/c1-8(2)7-14-12(13)15-11-6-10(11)9-4-3-5-9;/h9-11H,1,3-7H2,2H3,(H3,13,14,15);1H/t10-,11+;/m0./s1. The molecule has 0 heterocycles. The molecule has 2 saturated carbocycles. The third-order valence-corrected chi connectivity index (χ3v) is 3.45. The molecule has 4 heteroatoms. The van der Waals surface area contributed by atoms with Gasteiger partial charge in [-0.3, -0.25) is 0 Å². The third kappa shape index (κ3) is 3.64. The van der Waals surface area contributed by atoms with Crippen LogP contribution in [0.15, 0.2) is 17.1 Å². The first-order valence-corrected chi connectivity index (χ1v) is 5.87. The molecule has 0 aromatic heterocycles. The van der Waals surface area contributed by atoms with Crippen LogP contribution < -0.4 is 11.1 Å². The second-order valence-corrected chi connectivity index (χ2v) is 5.00. The SMILES string of the molecule is C=C(C)CN=C(N)N[C@@H]1C[C@H]1C1CCC1.I. The number of rotatable bonds is 4. The number of nitrogens with zero attached hydrogens (tertiary/aromatic N) is 1. The highest BCUT2D eigenvalue weighted by molar-refractivity contribution is 14.0. The molecule has 92 valence electrons. The lowest BCUT2D eigenvalue weighted by molar-refractivity contribution is 0.271. The molecule has 0 aromatic rings. The number of nitrogens with one attached hydrogen (secondary N) is 1. The minimum atomic E-state index is 0. The molecule has 0 aromatic carbocycles. The molecule has 0 unspecified atom stereocenters. The Labute approximate surface area is 115 Å². The molecule has 0 amide bonds. The van der Waals surface area contributed by atoms with Crippen molar-refractivity contribution in [1.29, 1.82) is 0 Å². The van der Waals surface area contributed by atoms with Gasteiger partial charge in [-0.25, -0.2) is 4.99 Å². The van der Waals surface area contributed by atoms with E-state index in [1.54, 1.807) is 0 Å². The van der Waals surface area contributed by atoms with Gasteiger partial charge in [0.25, 0.3) is 0 Å². The van der Waals surface area contributed by atoms with E-state index in [9.17, 15) is 0 Å². The molecular weight excluding hydrogens is 313 g/mol. The average molecular weight is 335 g/mol. The van der Waals surface area contributed by atoms with Gasteiger partial charge in [-0.2, -0.15) is 0 Å². The summed E-state index contributed by atoms with van der Waals surface area (Å²) in [5, 5.41) is 3.30. The summed E-state index contributed by atoms with van der Waals surface area (Å²) < 4.78 is 0. The van der Waals surface area contributed by atoms with Crippen molar-refractivity contribution in [2.75, 3.05) is 6.54 Å². The highest BCUT2D eigenvalue weighted by atomic mass is 127. The predicted octanol–water partition coefficient (Wildman–Crippen LogP) is 2.27. The smallest absolute Gasteiger partial charge is 0.189 e. The average Bonchev–Trinajstić information content (AvgIpc) is 2.77. The topological polar surface area (TPSA) is 50.4 Å². The largest absolute Gasteiger partial charge is 0.370 e. The summed E-state index contributed by atoms with van der Waals surface area (Å²) in [7, 11) is 0. The molecule has 0 saturated heterocycles. The van der Waals surface area contributed by atoms with E-state index in [2.05, 4.69) is 16.9 Å². The highest BCUT2D eigenvalue weighted by Crippen LogP contribution is 2.46. The molecule has 3 N–H and O–H groups in total. The molecule has 2 rings (SSSR count). The Morgan fingerprint density at radius 1 is 1.50 bits per heavy atom. The number of guanidine groups is 1. The zero-order valence-electron chi connectivity index (χ0n) is 9.91. The summed E-state index contributed by atoms with van der Waals surface area (Å²) in [5.74, 6) is 2.43. The van der Waals surface area contributed by atoms with Crippen molar-refractivity contribution in [2.45, 2.75) is 38.6 Å². The van der Waals surface area contributed by atoms with Gasteiger partial charge in [0.1, 0.15) is 0 Å². The Balaban J connectivity index is 0.00000128. The molecule has 0 bridgehead atoms. The molecule has 2 aliphatic carbocycles. The van der Waals surface area contributed by atoms with Crippen molar-refractivity contribution < 1.29 is 0 Å². The molecule has 3 nitrogen and oxygen atoms in total. The van der Waals surface area contributed by atoms with E-state index in [0.717, 1.165) is 17.4 Å². The number of hydrogen-bond donors (Lipinski definition) is 2. The van der Waals surface area contributed by atoms with Crippen molar-refractivity contribution in [3.8, 4) is 0 Å². The molecular formula is C12H22IN3. The van der Waals surface area contributed by atoms with E-state index in [4.69, 9.17) is 5.73 Å². The van der Waals surface area contributed by atoms with Crippen molar-refractivity contribution in [2.24, 2.45) is 22.6 Å². The maximum atomic E-state index is 5.78. The monoisotopic (exact) mass is 335 g/mol. The summed E-state index contributed by atoms with van der Waals surface area (Å²) in [4.78, 5) is 4.23. The minimum Gasteiger partial charge on any atom is -0.370 e. The van der Waals surface area contributed by atoms with E-state index < -0.39 is 0 Å². The van der Waals surface area contributed by atoms with Crippen molar-refractivity contribution in [3.63, 3.8) is 0 Å². The fourth-order valence-corrected chi connectivity index (χ4v) is 2.23. The first-order chi connectivity index (χ1) is 7.16. The lowest BCUT2D eigenvalue weighted by atomic mass is 9.81. The Bertz CT molecular complexity index is 284. The van der Waals surface area contributed by atoms with Crippen LogP contribution in [0.3, 0.4) is 0 Å². The van der Waals surface area contributed by atoms with E-state index in [1.165, 1.54) is 25.7 Å². The van der Waals surface area contributed by atoms with Crippen LogP contribution in [0, 0.1) is 11.8 Å². The minimum absolute atomic E-state index is 0. The van der Waals surface area contributed by atoms with Gasteiger partial charge in [-0.05, 0) is 25.2 Å². The van der Waals surface area contributed by atoms with Gasteiger partial charge in [0.2, 0.25) is 0 Å². The summed E-state index contributed by atoms with van der Waals surface area (Å²) in [6.45, 7) is 6.40. The molecule has 0 radical (unpaired) electrons. The number of halogens is 1. The second kappa shape index (κ2) is 5.89. The quantitative estimate of drug-likeness (QED) is 0.358. The maximum Gasteiger partial charge on any atom is 0.189 e. The number of nitrogens with two attached hydrogens (primary N) is 1. The predicted molar refractivity (Wildman–Crippen MR) is 79.1 cm³/mol. The normalized spacial score (nSPS) is 28.9. The van der Waals surface area contributed by atoms with E-state index >= 15 is 0 Å². The van der Waals surface area contributed by atoms with Crippen molar-refractivity contribution in [1.82, 2.24) is 5.32 Å². The number of hydrogen-bond acceptors (Lipinski definition) is 1. The van der Waals surface area contributed by atoms with Gasteiger partial charge in [0.15, 0.2) is 5.96 Å². The summed E-state index contributed by atoms with van der Waals surface area (Å²) in [6.07, 6.45) is 5.55. The van der Waals surface area contributed by atoms with Crippen LogP contribution in [0.2, 0.25) is 0 Å². The molecule has 2 aliphatic rings. The van der Waals surface area contributed by atoms with Crippen LogP contribution in [0.5, 0.6) is 0 Å². The summed E-state index contributed by atoms with van der Waals surface area (Å²) in [5.41, 5.74) is 6.83. The summed E-state index contributed by atoms with van der Waals surface area (Å²) in [6, 6.07) is 0.601. The van der Waals surface area contributed by atoms with Crippen LogP contribution in [0.1, 0.15) is 32.6 Å². The lowest BCUT2D eigenvalue weighted by Gasteiger charge is -2.25. The fourth-order valence-electron chi connectivity index (χ4n) is 2.23. The Morgan fingerprint density at radius 3 is 2.69 bits per heavy atom. The van der Waals surface area contributed by atoms with Crippen molar-refractivity contribution in [3.05, 3.63) is 12.2 Å². The van der Waals surface area contributed by atoms with Crippen LogP contribution >= 0.6 is 24.0 Å². The van der Waals surface area contributed by atoms with E-state index in [0.29, 0.717) is 18.5 Å².